The Hall–Kier alpha value is -2.69. The number of pyridine rings is 1. The lowest BCUT2D eigenvalue weighted by molar-refractivity contribution is 0.0954. The van der Waals surface area contributed by atoms with Crippen LogP contribution in [0.3, 0.4) is 0 Å². The number of benzene rings is 2. The molecular weight excluding hydrogens is 360 g/mol. The summed E-state index contributed by atoms with van der Waals surface area (Å²) in [5, 5.41) is 3.66. The second kappa shape index (κ2) is 9.31. The Morgan fingerprint density at radius 2 is 1.81 bits per heavy atom. The molecule has 5 heteroatoms. The first-order valence-electron chi connectivity index (χ1n) is 8.72. The molecular formula is C22H21ClN2O2. The van der Waals surface area contributed by atoms with Crippen LogP contribution >= 0.6 is 11.6 Å². The molecule has 3 rings (SSSR count). The van der Waals surface area contributed by atoms with E-state index in [0.717, 1.165) is 28.7 Å². The summed E-state index contributed by atoms with van der Waals surface area (Å²) < 4.78 is 5.32. The molecule has 2 aromatic carbocycles. The van der Waals surface area contributed by atoms with Gasteiger partial charge in [0.25, 0.3) is 5.91 Å². The lowest BCUT2D eigenvalue weighted by Gasteiger charge is -2.12. The van der Waals surface area contributed by atoms with Crippen LogP contribution in [0.4, 0.5) is 0 Å². The maximum Gasteiger partial charge on any atom is 0.251 e. The van der Waals surface area contributed by atoms with Gasteiger partial charge in [-0.05, 0) is 65.1 Å². The summed E-state index contributed by atoms with van der Waals surface area (Å²) in [6, 6.07) is 17.2. The van der Waals surface area contributed by atoms with Gasteiger partial charge in [-0.15, -0.1) is 0 Å². The fourth-order valence-corrected chi connectivity index (χ4v) is 3.02. The van der Waals surface area contributed by atoms with E-state index in [1.54, 1.807) is 19.5 Å². The van der Waals surface area contributed by atoms with Gasteiger partial charge in [0.15, 0.2) is 0 Å². The van der Waals surface area contributed by atoms with E-state index in [1.807, 2.05) is 54.6 Å². The predicted octanol–water partition coefficient (Wildman–Crippen LogP) is 4.52. The lowest BCUT2D eigenvalue weighted by atomic mass is 9.97. The summed E-state index contributed by atoms with van der Waals surface area (Å²) in [5.41, 5.74) is 4.79. The minimum Gasteiger partial charge on any atom is -0.380 e. The third-order valence-electron chi connectivity index (χ3n) is 4.27. The van der Waals surface area contributed by atoms with Crippen molar-refractivity contribution in [1.29, 1.82) is 0 Å². The fraction of sp³-hybridized carbons (Fsp3) is 0.182. The van der Waals surface area contributed by atoms with Crippen LogP contribution in [0.15, 0.2) is 67.0 Å². The van der Waals surface area contributed by atoms with Crippen LogP contribution in [0.2, 0.25) is 5.02 Å². The van der Waals surface area contributed by atoms with Crippen LogP contribution in [-0.2, 0) is 17.8 Å². The summed E-state index contributed by atoms with van der Waals surface area (Å²) in [4.78, 5) is 16.5. The molecule has 27 heavy (non-hydrogen) atoms. The first kappa shape index (κ1) is 19.1. The Kier molecular flexibility index (Phi) is 6.58. The molecule has 1 N–H and O–H groups in total. The largest absolute Gasteiger partial charge is 0.380 e. The number of amides is 1. The van der Waals surface area contributed by atoms with Gasteiger partial charge in [-0.2, -0.15) is 0 Å². The molecule has 1 amide bonds. The van der Waals surface area contributed by atoms with Crippen LogP contribution in [-0.4, -0.2) is 24.5 Å². The van der Waals surface area contributed by atoms with E-state index in [-0.39, 0.29) is 5.91 Å². The highest BCUT2D eigenvalue weighted by Gasteiger charge is 2.11. The molecule has 0 bridgehead atoms. The fourth-order valence-electron chi connectivity index (χ4n) is 2.89. The van der Waals surface area contributed by atoms with Gasteiger partial charge in [0.2, 0.25) is 0 Å². The zero-order valence-corrected chi connectivity index (χ0v) is 15.9. The highest BCUT2D eigenvalue weighted by Crippen LogP contribution is 2.27. The van der Waals surface area contributed by atoms with Gasteiger partial charge in [0, 0.05) is 36.6 Å². The number of ether oxygens (including phenoxy) is 1. The number of nitrogens with zero attached hydrogens (tertiary/aromatic N) is 1. The van der Waals surface area contributed by atoms with E-state index in [9.17, 15) is 4.79 Å². The number of hydrogen-bond acceptors (Lipinski definition) is 3. The molecule has 0 fully saturated rings. The molecule has 0 spiro atoms. The van der Waals surface area contributed by atoms with Crippen LogP contribution < -0.4 is 5.32 Å². The Morgan fingerprint density at radius 3 is 2.52 bits per heavy atom. The van der Waals surface area contributed by atoms with E-state index in [2.05, 4.69) is 10.3 Å². The number of methoxy groups -OCH3 is 1. The molecule has 0 aliphatic heterocycles. The lowest BCUT2D eigenvalue weighted by Crippen LogP contribution is -2.25. The van der Waals surface area contributed by atoms with Gasteiger partial charge in [-0.25, -0.2) is 0 Å². The SMILES string of the molecule is COCc1cc(C(=O)NCCc2ccncc2)ccc1-c1ccc(Cl)cc1. The molecule has 0 aliphatic rings. The van der Waals surface area contributed by atoms with Crippen LogP contribution in [0.1, 0.15) is 21.5 Å². The van der Waals surface area contributed by atoms with Crippen molar-refractivity contribution in [2.75, 3.05) is 13.7 Å². The normalized spacial score (nSPS) is 10.6. The number of nitrogens with one attached hydrogen (secondary N) is 1. The van der Waals surface area contributed by atoms with Gasteiger partial charge < -0.3 is 10.1 Å². The third-order valence-corrected chi connectivity index (χ3v) is 4.52. The molecule has 0 saturated heterocycles. The molecule has 0 radical (unpaired) electrons. The zero-order chi connectivity index (χ0) is 19.1. The number of aromatic nitrogens is 1. The first-order valence-corrected chi connectivity index (χ1v) is 9.10. The third kappa shape index (κ3) is 5.16. The quantitative estimate of drug-likeness (QED) is 0.655. The van der Waals surface area contributed by atoms with Crippen LogP contribution in [0, 0.1) is 0 Å². The average Bonchev–Trinajstić information content (AvgIpc) is 2.70. The van der Waals surface area contributed by atoms with Gasteiger partial charge in [-0.1, -0.05) is 29.8 Å². The monoisotopic (exact) mass is 380 g/mol. The highest BCUT2D eigenvalue weighted by molar-refractivity contribution is 6.30. The summed E-state index contributed by atoms with van der Waals surface area (Å²) in [5.74, 6) is -0.0935. The van der Waals surface area contributed by atoms with Crippen molar-refractivity contribution in [2.45, 2.75) is 13.0 Å². The number of hydrogen-bond donors (Lipinski definition) is 1. The minimum absolute atomic E-state index is 0.0935. The molecule has 0 unspecified atom stereocenters. The molecule has 138 valence electrons. The molecule has 1 aromatic heterocycles. The summed E-state index contributed by atoms with van der Waals surface area (Å²) in [6.07, 6.45) is 4.27. The van der Waals surface area contributed by atoms with E-state index < -0.39 is 0 Å². The second-order valence-corrected chi connectivity index (χ2v) is 6.61. The Balaban J connectivity index is 1.72. The van der Waals surface area contributed by atoms with Gasteiger partial charge >= 0.3 is 0 Å². The summed E-state index contributed by atoms with van der Waals surface area (Å²) in [7, 11) is 1.65. The molecule has 4 nitrogen and oxygen atoms in total. The van der Waals surface area contributed by atoms with Crippen molar-refractivity contribution in [2.24, 2.45) is 0 Å². The van der Waals surface area contributed by atoms with Crippen molar-refractivity contribution in [3.8, 4) is 11.1 Å². The van der Waals surface area contributed by atoms with Crippen molar-refractivity contribution in [1.82, 2.24) is 10.3 Å². The summed E-state index contributed by atoms with van der Waals surface area (Å²) >= 11 is 5.98. The number of carbonyl (C=O) groups excluding carboxylic acids is 1. The van der Waals surface area contributed by atoms with E-state index in [0.29, 0.717) is 23.7 Å². The van der Waals surface area contributed by atoms with Gasteiger partial charge in [0.05, 0.1) is 6.61 Å². The molecule has 3 aromatic rings. The highest BCUT2D eigenvalue weighted by atomic mass is 35.5. The van der Waals surface area contributed by atoms with E-state index in [1.165, 1.54) is 0 Å². The molecule has 0 atom stereocenters. The van der Waals surface area contributed by atoms with E-state index >= 15 is 0 Å². The molecule has 0 aliphatic carbocycles. The van der Waals surface area contributed by atoms with Crippen molar-refractivity contribution < 1.29 is 9.53 Å². The van der Waals surface area contributed by atoms with Gasteiger partial charge in [0.1, 0.15) is 0 Å². The Morgan fingerprint density at radius 1 is 1.07 bits per heavy atom. The van der Waals surface area contributed by atoms with Crippen LogP contribution in [0.25, 0.3) is 11.1 Å². The van der Waals surface area contributed by atoms with Crippen molar-refractivity contribution in [3.05, 3.63) is 88.7 Å². The topological polar surface area (TPSA) is 51.2 Å². The van der Waals surface area contributed by atoms with Gasteiger partial charge in [-0.3, -0.25) is 9.78 Å². The molecule has 0 saturated carbocycles. The maximum atomic E-state index is 12.5. The second-order valence-electron chi connectivity index (χ2n) is 6.17. The first-order chi connectivity index (χ1) is 13.2. The van der Waals surface area contributed by atoms with Crippen molar-refractivity contribution in [3.63, 3.8) is 0 Å². The zero-order valence-electron chi connectivity index (χ0n) is 15.1. The standard InChI is InChI=1S/C22H21ClN2O2/c1-27-15-19-14-18(4-7-21(19)17-2-5-20(23)6-3-17)22(26)25-13-10-16-8-11-24-12-9-16/h2-9,11-12,14H,10,13,15H2,1H3,(H,25,26). The smallest absolute Gasteiger partial charge is 0.251 e. The number of rotatable bonds is 7. The van der Waals surface area contributed by atoms with Crippen molar-refractivity contribution >= 4 is 17.5 Å². The molecule has 1 heterocycles. The number of halogens is 1. The number of carbonyl (C=O) groups is 1. The predicted molar refractivity (Wildman–Crippen MR) is 108 cm³/mol. The summed E-state index contributed by atoms with van der Waals surface area (Å²) in [6.45, 7) is 0.998. The van der Waals surface area contributed by atoms with E-state index in [4.69, 9.17) is 16.3 Å². The Labute approximate surface area is 164 Å². The van der Waals surface area contributed by atoms with Crippen LogP contribution in [0.5, 0.6) is 0 Å². The average molecular weight is 381 g/mol. The Bertz CT molecular complexity index is 896. The maximum absolute atomic E-state index is 12.5. The minimum atomic E-state index is -0.0935.